The molecular weight excluding hydrogens is 244 g/mol. The molecule has 0 radical (unpaired) electrons. The Morgan fingerprint density at radius 3 is 3.05 bits per heavy atom. The number of nitrogens with two attached hydrogens (primary N) is 1. The van der Waals surface area contributed by atoms with E-state index in [0.717, 1.165) is 5.82 Å². The lowest BCUT2D eigenvalue weighted by atomic mass is 10.1. The predicted molar refractivity (Wildman–Crippen MR) is 72.0 cm³/mol. The second-order valence-corrected chi connectivity index (χ2v) is 4.00. The van der Waals surface area contributed by atoms with Crippen molar-refractivity contribution in [3.8, 4) is 5.75 Å². The van der Waals surface area contributed by atoms with Crippen molar-refractivity contribution in [3.63, 3.8) is 0 Å². The van der Waals surface area contributed by atoms with E-state index in [2.05, 4.69) is 15.3 Å². The van der Waals surface area contributed by atoms with Crippen LogP contribution in [0.15, 0.2) is 30.6 Å². The summed E-state index contributed by atoms with van der Waals surface area (Å²) in [7, 11) is 1.52. The first-order valence-electron chi connectivity index (χ1n) is 5.90. The number of ether oxygens (including phenoxy) is 1. The summed E-state index contributed by atoms with van der Waals surface area (Å²) in [6.45, 7) is 0.490. The van der Waals surface area contributed by atoms with Crippen molar-refractivity contribution in [2.75, 3.05) is 19.4 Å². The number of carbonyl (C=O) groups is 1. The number of amides is 1. The average Bonchev–Trinajstić information content (AvgIpc) is 2.91. The summed E-state index contributed by atoms with van der Waals surface area (Å²) >= 11 is 0. The van der Waals surface area contributed by atoms with Gasteiger partial charge in [0.1, 0.15) is 11.6 Å². The second kappa shape index (κ2) is 5.90. The zero-order valence-corrected chi connectivity index (χ0v) is 10.6. The van der Waals surface area contributed by atoms with Crippen LogP contribution in [0.1, 0.15) is 16.2 Å². The van der Waals surface area contributed by atoms with Crippen LogP contribution in [-0.2, 0) is 6.42 Å². The topological polar surface area (TPSA) is 93.0 Å². The summed E-state index contributed by atoms with van der Waals surface area (Å²) in [6.07, 6.45) is 4.07. The van der Waals surface area contributed by atoms with Gasteiger partial charge in [-0.15, -0.1) is 0 Å². The van der Waals surface area contributed by atoms with Gasteiger partial charge in [0.25, 0.3) is 5.91 Å². The Morgan fingerprint density at radius 1 is 1.53 bits per heavy atom. The van der Waals surface area contributed by atoms with Gasteiger partial charge in [-0.2, -0.15) is 0 Å². The van der Waals surface area contributed by atoms with E-state index in [-0.39, 0.29) is 5.91 Å². The highest BCUT2D eigenvalue weighted by molar-refractivity contribution is 5.97. The molecule has 19 heavy (non-hydrogen) atoms. The van der Waals surface area contributed by atoms with Crippen molar-refractivity contribution < 1.29 is 9.53 Å². The highest BCUT2D eigenvalue weighted by atomic mass is 16.5. The maximum absolute atomic E-state index is 12.0. The Morgan fingerprint density at radius 2 is 2.37 bits per heavy atom. The Bertz CT molecular complexity index is 552. The third-order valence-electron chi connectivity index (χ3n) is 2.67. The van der Waals surface area contributed by atoms with Crippen molar-refractivity contribution in [3.05, 3.63) is 42.0 Å². The average molecular weight is 260 g/mol. The quantitative estimate of drug-likeness (QED) is 0.698. The summed E-state index contributed by atoms with van der Waals surface area (Å²) in [5, 5.41) is 2.80. The van der Waals surface area contributed by atoms with E-state index in [1.807, 2.05) is 0 Å². The van der Waals surface area contributed by atoms with Crippen LogP contribution in [0.25, 0.3) is 0 Å². The number of imidazole rings is 1. The standard InChI is InChI=1S/C13H16N4O2/c1-19-11-3-2-9(14)8-10(11)13(18)17-5-4-12-15-6-7-16-12/h2-3,6-8H,4-5,14H2,1H3,(H,15,16)(H,17,18). The molecule has 0 saturated heterocycles. The molecule has 1 aromatic carbocycles. The molecule has 0 fully saturated rings. The number of aromatic nitrogens is 2. The normalized spacial score (nSPS) is 10.2. The molecule has 1 aromatic heterocycles. The van der Waals surface area contributed by atoms with Crippen LogP contribution in [0.4, 0.5) is 5.69 Å². The first-order chi connectivity index (χ1) is 9.20. The molecule has 0 spiro atoms. The molecule has 1 heterocycles. The first kappa shape index (κ1) is 12.9. The zero-order valence-electron chi connectivity index (χ0n) is 10.6. The van der Waals surface area contributed by atoms with E-state index >= 15 is 0 Å². The van der Waals surface area contributed by atoms with Gasteiger partial charge < -0.3 is 20.8 Å². The number of benzene rings is 1. The molecule has 1 amide bonds. The minimum absolute atomic E-state index is 0.212. The highest BCUT2D eigenvalue weighted by Gasteiger charge is 2.12. The van der Waals surface area contributed by atoms with Crippen LogP contribution >= 0.6 is 0 Å². The fourth-order valence-corrected chi connectivity index (χ4v) is 1.73. The lowest BCUT2D eigenvalue weighted by Gasteiger charge is -2.09. The molecule has 0 aliphatic carbocycles. The van der Waals surface area contributed by atoms with Crippen LogP contribution < -0.4 is 15.8 Å². The van der Waals surface area contributed by atoms with E-state index in [9.17, 15) is 4.79 Å². The van der Waals surface area contributed by atoms with Crippen LogP contribution in [-0.4, -0.2) is 29.5 Å². The first-order valence-corrected chi connectivity index (χ1v) is 5.90. The minimum atomic E-state index is -0.212. The van der Waals surface area contributed by atoms with Crippen LogP contribution in [0, 0.1) is 0 Å². The third kappa shape index (κ3) is 3.25. The molecule has 6 nitrogen and oxygen atoms in total. The summed E-state index contributed by atoms with van der Waals surface area (Å²) < 4.78 is 5.14. The lowest BCUT2D eigenvalue weighted by molar-refractivity contribution is 0.0951. The maximum atomic E-state index is 12.0. The third-order valence-corrected chi connectivity index (χ3v) is 2.67. The molecule has 2 rings (SSSR count). The van der Waals surface area contributed by atoms with E-state index < -0.39 is 0 Å². The number of rotatable bonds is 5. The Kier molecular flexibility index (Phi) is 4.02. The number of hydrogen-bond donors (Lipinski definition) is 3. The van der Waals surface area contributed by atoms with Gasteiger partial charge in [0.15, 0.2) is 0 Å². The van der Waals surface area contributed by atoms with Gasteiger partial charge in [0.05, 0.1) is 12.7 Å². The number of carbonyl (C=O) groups excluding carboxylic acids is 1. The highest BCUT2D eigenvalue weighted by Crippen LogP contribution is 2.20. The fourth-order valence-electron chi connectivity index (χ4n) is 1.73. The molecule has 2 aromatic rings. The smallest absolute Gasteiger partial charge is 0.255 e. The number of H-pyrrole nitrogens is 1. The number of aromatic amines is 1. The Hall–Kier alpha value is -2.50. The van der Waals surface area contributed by atoms with Gasteiger partial charge in [-0.3, -0.25) is 4.79 Å². The summed E-state index contributed by atoms with van der Waals surface area (Å²) in [6, 6.07) is 4.97. The van der Waals surface area contributed by atoms with E-state index in [1.165, 1.54) is 7.11 Å². The zero-order chi connectivity index (χ0) is 13.7. The van der Waals surface area contributed by atoms with Gasteiger partial charge in [0, 0.05) is 31.0 Å². The monoisotopic (exact) mass is 260 g/mol. The van der Waals surface area contributed by atoms with Gasteiger partial charge in [0.2, 0.25) is 0 Å². The lowest BCUT2D eigenvalue weighted by Crippen LogP contribution is -2.26. The van der Waals surface area contributed by atoms with Crippen molar-refractivity contribution >= 4 is 11.6 Å². The molecule has 0 aliphatic heterocycles. The van der Waals surface area contributed by atoms with E-state index in [1.54, 1.807) is 30.6 Å². The largest absolute Gasteiger partial charge is 0.496 e. The summed E-state index contributed by atoms with van der Waals surface area (Å²) in [5.74, 6) is 1.13. The Labute approximate surface area is 111 Å². The van der Waals surface area contributed by atoms with Gasteiger partial charge in [-0.25, -0.2) is 4.98 Å². The molecule has 0 bridgehead atoms. The summed E-state index contributed by atoms with van der Waals surface area (Å²) in [4.78, 5) is 19.1. The molecule has 0 aliphatic rings. The molecule has 6 heteroatoms. The fraction of sp³-hybridized carbons (Fsp3) is 0.231. The molecule has 0 saturated carbocycles. The molecular formula is C13H16N4O2. The van der Waals surface area contributed by atoms with Crippen molar-refractivity contribution in [1.82, 2.24) is 15.3 Å². The van der Waals surface area contributed by atoms with Crippen molar-refractivity contribution in [2.24, 2.45) is 0 Å². The molecule has 4 N–H and O–H groups in total. The van der Waals surface area contributed by atoms with Gasteiger partial charge in [-0.05, 0) is 18.2 Å². The molecule has 0 atom stereocenters. The molecule has 0 unspecified atom stereocenters. The molecule has 100 valence electrons. The number of hydrogen-bond acceptors (Lipinski definition) is 4. The van der Waals surface area contributed by atoms with Crippen molar-refractivity contribution in [1.29, 1.82) is 0 Å². The van der Waals surface area contributed by atoms with Crippen LogP contribution in [0.2, 0.25) is 0 Å². The number of nitrogen functional groups attached to an aromatic ring is 1. The van der Waals surface area contributed by atoms with Gasteiger partial charge >= 0.3 is 0 Å². The van der Waals surface area contributed by atoms with Gasteiger partial charge in [-0.1, -0.05) is 0 Å². The summed E-state index contributed by atoms with van der Waals surface area (Å²) in [5.41, 5.74) is 6.63. The van der Waals surface area contributed by atoms with E-state index in [0.29, 0.717) is 30.0 Å². The number of nitrogens with one attached hydrogen (secondary N) is 2. The number of anilines is 1. The van der Waals surface area contributed by atoms with E-state index in [4.69, 9.17) is 10.5 Å². The van der Waals surface area contributed by atoms with Crippen LogP contribution in [0.5, 0.6) is 5.75 Å². The minimum Gasteiger partial charge on any atom is -0.496 e. The SMILES string of the molecule is COc1ccc(N)cc1C(=O)NCCc1ncc[nH]1. The Balaban J connectivity index is 1.97. The maximum Gasteiger partial charge on any atom is 0.255 e. The predicted octanol–water partition coefficient (Wildman–Crippen LogP) is 0.973. The van der Waals surface area contributed by atoms with Crippen LogP contribution in [0.3, 0.4) is 0 Å². The second-order valence-electron chi connectivity index (χ2n) is 4.00. The number of methoxy groups -OCH3 is 1. The number of nitrogens with zero attached hydrogens (tertiary/aromatic N) is 1. The van der Waals surface area contributed by atoms with Crippen molar-refractivity contribution in [2.45, 2.75) is 6.42 Å².